The van der Waals surface area contributed by atoms with Crippen molar-refractivity contribution < 1.29 is 41.1 Å². The molecule has 0 radical (unpaired) electrons. The van der Waals surface area contributed by atoms with Gasteiger partial charge in [0.15, 0.2) is 29.7 Å². The van der Waals surface area contributed by atoms with Crippen LogP contribution in [-0.4, -0.2) is 65.8 Å². The summed E-state index contributed by atoms with van der Waals surface area (Å²) < 4.78 is 70.6. The Morgan fingerprint density at radius 1 is 1.10 bits per heavy atom. The first-order chi connectivity index (χ1) is 19.9. The number of hydrogen-bond donors (Lipinski definition) is 1. The molecule has 1 N–H and O–H groups in total. The van der Waals surface area contributed by atoms with Crippen LogP contribution in [0.5, 0.6) is 11.5 Å². The van der Waals surface area contributed by atoms with E-state index in [0.29, 0.717) is 33.8 Å². The molecule has 1 saturated carbocycles. The zero-order valence-corrected chi connectivity index (χ0v) is 22.7. The summed E-state index contributed by atoms with van der Waals surface area (Å²) in [5.41, 5.74) is -0.373. The van der Waals surface area contributed by atoms with Gasteiger partial charge in [-0.2, -0.15) is 13.2 Å². The fourth-order valence-electron chi connectivity index (χ4n) is 4.26. The molecule has 0 spiro atoms. The van der Waals surface area contributed by atoms with Crippen LogP contribution >= 0.6 is 0 Å². The van der Waals surface area contributed by atoms with Crippen LogP contribution in [0.1, 0.15) is 24.2 Å². The molecule has 0 saturated heterocycles. The molecule has 4 aromatic rings. The van der Waals surface area contributed by atoms with E-state index in [9.17, 15) is 27.2 Å². The number of aromatic nitrogens is 3. The third-order valence-electron chi connectivity index (χ3n) is 6.92. The molecule has 0 aliphatic heterocycles. The summed E-state index contributed by atoms with van der Waals surface area (Å²) >= 11 is 0. The number of ether oxygens (including phenoxy) is 2. The maximum absolute atomic E-state index is 15.0. The van der Waals surface area contributed by atoms with Crippen molar-refractivity contribution in [1.29, 1.82) is 0 Å². The Kier molecular flexibility index (Phi) is 7.47. The number of methoxy groups -OCH3 is 1. The third kappa shape index (κ3) is 5.69. The highest BCUT2D eigenvalue weighted by Crippen LogP contribution is 2.59. The maximum Gasteiger partial charge on any atom is 0.401 e. The van der Waals surface area contributed by atoms with Gasteiger partial charge in [0.25, 0.3) is 5.91 Å². The average molecular weight is 588 g/mol. The lowest BCUT2D eigenvalue weighted by Gasteiger charge is -2.14. The van der Waals surface area contributed by atoms with Gasteiger partial charge in [0, 0.05) is 37.9 Å². The Labute approximate surface area is 236 Å². The molecule has 2 aromatic heterocycles. The van der Waals surface area contributed by atoms with Crippen LogP contribution in [0.4, 0.5) is 23.4 Å². The van der Waals surface area contributed by atoms with Gasteiger partial charge in [-0.15, -0.1) is 0 Å². The standard InChI is InChI=1S/C28H25F4N5O5/c1-37(2)26(39)14-41-22-10-18-19(11-21(22)40-3)34-20(13-33-18)16-5-4-15(17(29)8-16)9-25(38)35-24-12-23(42-36-24)27(6-7-27)28(30,31)32/h4-5,8,10-13H,6-7,9,14H2,1-3H3,(H,35,36,38). The topological polar surface area (TPSA) is 120 Å². The Morgan fingerprint density at radius 2 is 1.83 bits per heavy atom. The molecule has 0 atom stereocenters. The maximum atomic E-state index is 15.0. The van der Waals surface area contributed by atoms with Crippen LogP contribution in [-0.2, 0) is 21.4 Å². The Balaban J connectivity index is 1.28. The number of nitrogens with one attached hydrogen (secondary N) is 1. The smallest absolute Gasteiger partial charge is 0.401 e. The molecule has 2 aromatic carbocycles. The highest BCUT2D eigenvalue weighted by atomic mass is 19.4. The van der Waals surface area contributed by atoms with E-state index in [4.69, 9.17) is 14.0 Å². The van der Waals surface area contributed by atoms with Crippen molar-refractivity contribution in [3.05, 3.63) is 59.7 Å². The molecule has 1 aliphatic rings. The van der Waals surface area contributed by atoms with Crippen molar-refractivity contribution >= 4 is 28.7 Å². The second kappa shape index (κ2) is 10.9. The van der Waals surface area contributed by atoms with Crippen LogP contribution in [0.3, 0.4) is 0 Å². The predicted octanol–water partition coefficient (Wildman–Crippen LogP) is 4.67. The lowest BCUT2D eigenvalue weighted by atomic mass is 10.0. The van der Waals surface area contributed by atoms with Gasteiger partial charge in [0.2, 0.25) is 5.91 Å². The lowest BCUT2D eigenvalue weighted by Crippen LogP contribution is -2.28. The Bertz CT molecular complexity index is 1670. The monoisotopic (exact) mass is 587 g/mol. The molecule has 14 heteroatoms. The van der Waals surface area contributed by atoms with Crippen molar-refractivity contribution in [2.24, 2.45) is 0 Å². The van der Waals surface area contributed by atoms with Crippen LogP contribution in [0.15, 0.2) is 47.1 Å². The summed E-state index contributed by atoms with van der Waals surface area (Å²) in [7, 11) is 4.67. The molecule has 0 unspecified atom stereocenters. The summed E-state index contributed by atoms with van der Waals surface area (Å²) in [6, 6.07) is 8.40. The summed E-state index contributed by atoms with van der Waals surface area (Å²) in [5.74, 6) is -1.50. The number of hydrogen-bond acceptors (Lipinski definition) is 8. The van der Waals surface area contributed by atoms with Gasteiger partial charge < -0.3 is 24.2 Å². The summed E-state index contributed by atoms with van der Waals surface area (Å²) in [6.07, 6.45) is -3.65. The van der Waals surface area contributed by atoms with Gasteiger partial charge >= 0.3 is 6.18 Å². The van der Waals surface area contributed by atoms with E-state index in [2.05, 4.69) is 20.4 Å². The minimum absolute atomic E-state index is 0.0541. The number of nitrogens with zero attached hydrogens (tertiary/aromatic N) is 4. The summed E-state index contributed by atoms with van der Waals surface area (Å²) in [6.45, 7) is -0.192. The number of carbonyl (C=O) groups excluding carboxylic acids is 2. The normalized spacial score (nSPS) is 14.0. The van der Waals surface area contributed by atoms with E-state index >= 15 is 0 Å². The van der Waals surface area contributed by atoms with Gasteiger partial charge in [-0.1, -0.05) is 17.3 Å². The Hall–Kier alpha value is -4.75. The first-order valence-electron chi connectivity index (χ1n) is 12.7. The van der Waals surface area contributed by atoms with E-state index in [1.807, 2.05) is 0 Å². The predicted molar refractivity (Wildman–Crippen MR) is 141 cm³/mol. The zero-order valence-electron chi connectivity index (χ0n) is 22.7. The van der Waals surface area contributed by atoms with Gasteiger partial charge in [0.1, 0.15) is 11.2 Å². The minimum Gasteiger partial charge on any atom is -0.493 e. The quantitative estimate of drug-likeness (QED) is 0.281. The minimum atomic E-state index is -4.48. The average Bonchev–Trinajstić information content (AvgIpc) is 3.65. The molecule has 0 bridgehead atoms. The van der Waals surface area contributed by atoms with Crippen molar-refractivity contribution in [3.63, 3.8) is 0 Å². The van der Waals surface area contributed by atoms with E-state index in [-0.39, 0.29) is 42.5 Å². The van der Waals surface area contributed by atoms with E-state index in [0.717, 1.165) is 6.07 Å². The first kappa shape index (κ1) is 28.8. The Morgan fingerprint density at radius 3 is 2.48 bits per heavy atom. The van der Waals surface area contributed by atoms with Gasteiger partial charge in [-0.3, -0.25) is 14.6 Å². The van der Waals surface area contributed by atoms with Crippen molar-refractivity contribution in [2.75, 3.05) is 33.1 Å². The largest absolute Gasteiger partial charge is 0.493 e. The molecular formula is C28H25F4N5O5. The van der Waals surface area contributed by atoms with Gasteiger partial charge in [-0.25, -0.2) is 9.37 Å². The van der Waals surface area contributed by atoms with Crippen LogP contribution in [0.2, 0.25) is 0 Å². The number of halogens is 4. The number of amides is 2. The number of likely N-dealkylation sites (N-methyl/N-ethyl adjacent to an activating group) is 1. The molecule has 220 valence electrons. The molecule has 5 rings (SSSR count). The molecule has 1 fully saturated rings. The van der Waals surface area contributed by atoms with E-state index < -0.39 is 29.7 Å². The molecule has 1 aliphatic carbocycles. The van der Waals surface area contributed by atoms with Crippen molar-refractivity contribution in [2.45, 2.75) is 30.9 Å². The van der Waals surface area contributed by atoms with Crippen LogP contribution < -0.4 is 14.8 Å². The third-order valence-corrected chi connectivity index (χ3v) is 6.92. The second-order valence-electron chi connectivity index (χ2n) is 10.0. The summed E-state index contributed by atoms with van der Waals surface area (Å²) in [4.78, 5) is 34.6. The van der Waals surface area contributed by atoms with Crippen LogP contribution in [0, 0.1) is 5.82 Å². The van der Waals surface area contributed by atoms with Gasteiger partial charge in [0.05, 0.1) is 36.5 Å². The number of rotatable bonds is 9. The van der Waals surface area contributed by atoms with Gasteiger partial charge in [-0.05, 0) is 24.5 Å². The number of carbonyl (C=O) groups is 2. The fraction of sp³-hybridized carbons (Fsp3) is 0.321. The van der Waals surface area contributed by atoms with E-state index in [1.165, 1.54) is 30.3 Å². The van der Waals surface area contributed by atoms with E-state index in [1.54, 1.807) is 32.3 Å². The zero-order chi connectivity index (χ0) is 30.2. The molecule has 42 heavy (non-hydrogen) atoms. The molecule has 10 nitrogen and oxygen atoms in total. The number of fused-ring (bicyclic) bond motifs is 1. The fourth-order valence-corrected chi connectivity index (χ4v) is 4.26. The molecule has 2 heterocycles. The van der Waals surface area contributed by atoms with Crippen molar-refractivity contribution in [3.8, 4) is 22.8 Å². The number of anilines is 1. The van der Waals surface area contributed by atoms with Crippen molar-refractivity contribution in [1.82, 2.24) is 20.0 Å². The molecule has 2 amide bonds. The summed E-state index contributed by atoms with van der Waals surface area (Å²) in [5, 5.41) is 5.86. The number of alkyl halides is 3. The number of benzene rings is 2. The first-order valence-corrected chi connectivity index (χ1v) is 12.7. The highest BCUT2D eigenvalue weighted by Gasteiger charge is 2.66. The lowest BCUT2D eigenvalue weighted by molar-refractivity contribution is -0.165. The SMILES string of the molecule is COc1cc2nc(-c3ccc(CC(=O)Nc4cc(C5(C(F)(F)F)CC5)on4)c(F)c3)cnc2cc1OCC(=O)N(C)C. The van der Waals surface area contributed by atoms with Crippen LogP contribution in [0.25, 0.3) is 22.3 Å². The molecular weight excluding hydrogens is 562 g/mol. The second-order valence-corrected chi connectivity index (χ2v) is 10.0. The highest BCUT2D eigenvalue weighted by molar-refractivity contribution is 5.91.